The lowest BCUT2D eigenvalue weighted by Gasteiger charge is -2.12. The highest BCUT2D eigenvalue weighted by Gasteiger charge is 2.25. The average molecular weight is 147 g/mol. The standard InChI is InChI=1S/C7H14FNO/c1-5(8)2-6-3-10-4-7(6)9/h5-7H,2-4,9H2,1H3. The van der Waals surface area contributed by atoms with E-state index in [-0.39, 0.29) is 12.0 Å². The predicted octanol–water partition coefficient (Wildman–Crippen LogP) is 0.708. The van der Waals surface area contributed by atoms with Gasteiger partial charge in [0.1, 0.15) is 0 Å². The third kappa shape index (κ3) is 1.92. The number of hydrogen-bond acceptors (Lipinski definition) is 2. The average Bonchev–Trinajstić information content (AvgIpc) is 2.15. The maximum absolute atomic E-state index is 12.4. The zero-order chi connectivity index (χ0) is 7.56. The van der Waals surface area contributed by atoms with Gasteiger partial charge in [-0.15, -0.1) is 0 Å². The fourth-order valence-corrected chi connectivity index (χ4v) is 1.28. The van der Waals surface area contributed by atoms with E-state index >= 15 is 0 Å². The Kier molecular flexibility index (Phi) is 2.63. The monoisotopic (exact) mass is 147 g/mol. The van der Waals surface area contributed by atoms with Crippen LogP contribution in [0.1, 0.15) is 13.3 Å². The highest BCUT2D eigenvalue weighted by Crippen LogP contribution is 2.18. The molecule has 2 N–H and O–H groups in total. The summed E-state index contributed by atoms with van der Waals surface area (Å²) >= 11 is 0. The molecule has 0 aliphatic carbocycles. The molecule has 60 valence electrons. The van der Waals surface area contributed by atoms with Gasteiger partial charge in [0, 0.05) is 12.0 Å². The molecule has 0 bridgehead atoms. The number of halogens is 1. The molecule has 0 saturated carbocycles. The van der Waals surface area contributed by atoms with Gasteiger partial charge in [0.05, 0.1) is 19.4 Å². The fourth-order valence-electron chi connectivity index (χ4n) is 1.28. The lowest BCUT2D eigenvalue weighted by atomic mass is 9.98. The second-order valence-corrected chi connectivity index (χ2v) is 2.98. The normalized spacial score (nSPS) is 36.3. The first-order valence-electron chi connectivity index (χ1n) is 3.67. The number of hydrogen-bond donors (Lipinski definition) is 1. The molecule has 0 amide bonds. The van der Waals surface area contributed by atoms with Gasteiger partial charge >= 0.3 is 0 Å². The predicted molar refractivity (Wildman–Crippen MR) is 37.5 cm³/mol. The molecule has 0 aromatic rings. The number of ether oxygens (including phenoxy) is 1. The second-order valence-electron chi connectivity index (χ2n) is 2.98. The Morgan fingerprint density at radius 2 is 2.40 bits per heavy atom. The van der Waals surface area contributed by atoms with Crippen molar-refractivity contribution in [2.45, 2.75) is 25.6 Å². The summed E-state index contributed by atoms with van der Waals surface area (Å²) in [5, 5.41) is 0. The minimum Gasteiger partial charge on any atom is -0.379 e. The van der Waals surface area contributed by atoms with E-state index in [2.05, 4.69) is 0 Å². The zero-order valence-electron chi connectivity index (χ0n) is 6.22. The molecule has 1 rings (SSSR count). The second kappa shape index (κ2) is 3.30. The van der Waals surface area contributed by atoms with Crippen LogP contribution in [-0.4, -0.2) is 25.4 Å². The Morgan fingerprint density at radius 1 is 1.70 bits per heavy atom. The van der Waals surface area contributed by atoms with Crippen molar-refractivity contribution in [1.82, 2.24) is 0 Å². The molecule has 0 aromatic heterocycles. The van der Waals surface area contributed by atoms with E-state index in [1.165, 1.54) is 0 Å². The molecule has 0 radical (unpaired) electrons. The van der Waals surface area contributed by atoms with Crippen LogP contribution >= 0.6 is 0 Å². The minimum atomic E-state index is -0.752. The van der Waals surface area contributed by atoms with Crippen molar-refractivity contribution >= 4 is 0 Å². The van der Waals surface area contributed by atoms with Gasteiger partial charge in [-0.3, -0.25) is 0 Å². The van der Waals surface area contributed by atoms with Gasteiger partial charge in [-0.1, -0.05) is 0 Å². The Balaban J connectivity index is 2.26. The summed E-state index contributed by atoms with van der Waals surface area (Å²) in [6.45, 7) is 2.79. The lowest BCUT2D eigenvalue weighted by molar-refractivity contribution is 0.175. The van der Waals surface area contributed by atoms with E-state index in [0.29, 0.717) is 19.6 Å². The van der Waals surface area contributed by atoms with Crippen LogP contribution in [0.25, 0.3) is 0 Å². The molecule has 1 heterocycles. The summed E-state index contributed by atoms with van der Waals surface area (Å²) in [6, 6.07) is 0.0539. The SMILES string of the molecule is CC(F)CC1COCC1N. The van der Waals surface area contributed by atoms with Crippen molar-refractivity contribution in [2.24, 2.45) is 11.7 Å². The molecule has 2 nitrogen and oxygen atoms in total. The van der Waals surface area contributed by atoms with Gasteiger partial charge < -0.3 is 10.5 Å². The topological polar surface area (TPSA) is 35.2 Å². The quantitative estimate of drug-likeness (QED) is 0.624. The first-order chi connectivity index (χ1) is 4.70. The van der Waals surface area contributed by atoms with Gasteiger partial charge in [-0.25, -0.2) is 4.39 Å². The highest BCUT2D eigenvalue weighted by molar-refractivity contribution is 4.79. The molecule has 3 unspecified atom stereocenters. The number of nitrogens with two attached hydrogens (primary N) is 1. The van der Waals surface area contributed by atoms with E-state index in [1.807, 2.05) is 0 Å². The molecule has 1 aliphatic rings. The van der Waals surface area contributed by atoms with E-state index in [9.17, 15) is 4.39 Å². The van der Waals surface area contributed by atoms with Crippen molar-refractivity contribution in [3.63, 3.8) is 0 Å². The van der Waals surface area contributed by atoms with E-state index in [1.54, 1.807) is 6.92 Å². The van der Waals surface area contributed by atoms with Gasteiger partial charge in [0.15, 0.2) is 0 Å². The first-order valence-corrected chi connectivity index (χ1v) is 3.67. The van der Waals surface area contributed by atoms with Gasteiger partial charge in [-0.05, 0) is 13.3 Å². The first kappa shape index (κ1) is 7.95. The summed E-state index contributed by atoms with van der Waals surface area (Å²) < 4.78 is 17.5. The number of rotatable bonds is 2. The third-order valence-corrected chi connectivity index (χ3v) is 1.88. The Labute approximate surface area is 60.5 Å². The third-order valence-electron chi connectivity index (χ3n) is 1.88. The van der Waals surface area contributed by atoms with Crippen LogP contribution in [0.15, 0.2) is 0 Å². The fraction of sp³-hybridized carbons (Fsp3) is 1.00. The Hall–Kier alpha value is -0.150. The summed E-state index contributed by atoms with van der Waals surface area (Å²) in [4.78, 5) is 0. The molecule has 0 aromatic carbocycles. The largest absolute Gasteiger partial charge is 0.379 e. The van der Waals surface area contributed by atoms with Gasteiger partial charge in [0.25, 0.3) is 0 Å². The summed E-state index contributed by atoms with van der Waals surface area (Å²) in [5.74, 6) is 0.236. The van der Waals surface area contributed by atoms with Crippen molar-refractivity contribution in [3.8, 4) is 0 Å². The van der Waals surface area contributed by atoms with Crippen molar-refractivity contribution in [2.75, 3.05) is 13.2 Å². The smallest absolute Gasteiger partial charge is 0.0977 e. The molecule has 0 spiro atoms. The van der Waals surface area contributed by atoms with Gasteiger partial charge in [0.2, 0.25) is 0 Å². The van der Waals surface area contributed by atoms with Crippen LogP contribution in [0.3, 0.4) is 0 Å². The Morgan fingerprint density at radius 3 is 2.80 bits per heavy atom. The molecule has 3 atom stereocenters. The van der Waals surface area contributed by atoms with Crippen LogP contribution in [-0.2, 0) is 4.74 Å². The van der Waals surface area contributed by atoms with Gasteiger partial charge in [-0.2, -0.15) is 0 Å². The van der Waals surface area contributed by atoms with Crippen LogP contribution in [0, 0.1) is 5.92 Å². The molecule has 1 aliphatic heterocycles. The van der Waals surface area contributed by atoms with Crippen LogP contribution in [0.5, 0.6) is 0 Å². The van der Waals surface area contributed by atoms with Crippen LogP contribution in [0.2, 0.25) is 0 Å². The van der Waals surface area contributed by atoms with E-state index in [0.717, 1.165) is 0 Å². The van der Waals surface area contributed by atoms with E-state index < -0.39 is 6.17 Å². The molecular weight excluding hydrogens is 133 g/mol. The summed E-state index contributed by atoms with van der Waals surface area (Å²) in [7, 11) is 0. The maximum atomic E-state index is 12.4. The van der Waals surface area contributed by atoms with Crippen molar-refractivity contribution in [3.05, 3.63) is 0 Å². The van der Waals surface area contributed by atoms with Crippen molar-refractivity contribution in [1.29, 1.82) is 0 Å². The zero-order valence-corrected chi connectivity index (χ0v) is 6.22. The maximum Gasteiger partial charge on any atom is 0.0977 e. The number of alkyl halides is 1. The van der Waals surface area contributed by atoms with Crippen LogP contribution in [0.4, 0.5) is 4.39 Å². The minimum absolute atomic E-state index is 0.0539. The summed E-state index contributed by atoms with van der Waals surface area (Å²) in [5.41, 5.74) is 5.64. The lowest BCUT2D eigenvalue weighted by Crippen LogP contribution is -2.29. The highest BCUT2D eigenvalue weighted by atomic mass is 19.1. The molecule has 1 saturated heterocycles. The molecular formula is C7H14FNO. The van der Waals surface area contributed by atoms with Crippen LogP contribution < -0.4 is 5.73 Å². The molecule has 10 heavy (non-hydrogen) atoms. The van der Waals surface area contributed by atoms with Crippen molar-refractivity contribution < 1.29 is 9.13 Å². The van der Waals surface area contributed by atoms with E-state index in [4.69, 9.17) is 10.5 Å². The summed E-state index contributed by atoms with van der Waals surface area (Å²) in [6.07, 6.45) is -0.209. The Bertz CT molecular complexity index is 108. The molecule has 3 heteroatoms. The molecule has 1 fully saturated rings.